The molecule has 0 bridgehead atoms. The largest absolute Gasteiger partial charge is 0.497 e. The summed E-state index contributed by atoms with van der Waals surface area (Å²) in [7, 11) is 3.74. The molecule has 1 aliphatic heterocycles. The highest BCUT2D eigenvalue weighted by Crippen LogP contribution is 2.24. The van der Waals surface area contributed by atoms with E-state index in [9.17, 15) is 9.59 Å². The number of likely N-dealkylation sites (N-methyl/N-ethyl adjacent to an activating group) is 1. The molecule has 1 aliphatic rings. The third-order valence-electron chi connectivity index (χ3n) is 5.51. The minimum atomic E-state index is -0.651. The molecular weight excluding hydrogens is 416 g/mol. The summed E-state index contributed by atoms with van der Waals surface area (Å²) in [5, 5.41) is 6.08. The molecule has 1 unspecified atom stereocenters. The zero-order valence-electron chi connectivity index (χ0n) is 17.9. The molecule has 31 heavy (non-hydrogen) atoms. The molecule has 2 amide bonds. The fourth-order valence-electron chi connectivity index (χ4n) is 3.55. The quantitative estimate of drug-likeness (QED) is 0.639. The van der Waals surface area contributed by atoms with Gasteiger partial charge in [0.25, 0.3) is 0 Å². The molecule has 1 atom stereocenters. The Morgan fingerprint density at radius 3 is 2.19 bits per heavy atom. The Bertz CT molecular complexity index is 865. The second kappa shape index (κ2) is 11.1. The fourth-order valence-corrected chi connectivity index (χ4v) is 3.68. The number of piperazine rings is 1. The first-order valence-electron chi connectivity index (χ1n) is 10.3. The third-order valence-corrected chi connectivity index (χ3v) is 5.76. The van der Waals surface area contributed by atoms with Gasteiger partial charge in [-0.25, -0.2) is 0 Å². The molecule has 1 saturated heterocycles. The number of carbonyl (C=O) groups is 2. The number of halogens is 1. The van der Waals surface area contributed by atoms with Gasteiger partial charge < -0.3 is 20.3 Å². The number of carbonyl (C=O) groups excluding carboxylic acids is 2. The molecule has 1 fully saturated rings. The van der Waals surface area contributed by atoms with E-state index >= 15 is 0 Å². The minimum Gasteiger partial charge on any atom is -0.497 e. The van der Waals surface area contributed by atoms with Gasteiger partial charge in [-0.3, -0.25) is 14.5 Å². The number of nitrogens with zero attached hydrogens (tertiary/aromatic N) is 2. The van der Waals surface area contributed by atoms with Crippen LogP contribution in [0.2, 0.25) is 5.02 Å². The first kappa shape index (κ1) is 23.1. The van der Waals surface area contributed by atoms with Crippen LogP contribution >= 0.6 is 11.6 Å². The maximum absolute atomic E-state index is 12.4. The lowest BCUT2D eigenvalue weighted by atomic mass is 10.0. The normalized spacial score (nSPS) is 15.8. The molecule has 3 rings (SSSR count). The number of ether oxygens (including phenoxy) is 1. The SMILES string of the molecule is COc1ccc(C(CNC(=O)C(=O)NCc2ccc(Cl)cc2)N2CCN(C)CC2)cc1. The zero-order chi connectivity index (χ0) is 22.2. The van der Waals surface area contributed by atoms with Crippen molar-refractivity contribution < 1.29 is 14.3 Å². The molecule has 8 heteroatoms. The number of nitrogens with one attached hydrogen (secondary N) is 2. The van der Waals surface area contributed by atoms with Crippen LogP contribution in [0.15, 0.2) is 48.5 Å². The molecule has 7 nitrogen and oxygen atoms in total. The number of hydrogen-bond acceptors (Lipinski definition) is 5. The number of hydrogen-bond donors (Lipinski definition) is 2. The van der Waals surface area contributed by atoms with Crippen LogP contribution in [0, 0.1) is 0 Å². The Morgan fingerprint density at radius 1 is 0.968 bits per heavy atom. The second-order valence-electron chi connectivity index (χ2n) is 7.65. The van der Waals surface area contributed by atoms with E-state index in [0.717, 1.165) is 43.1 Å². The average Bonchev–Trinajstić information content (AvgIpc) is 2.80. The van der Waals surface area contributed by atoms with Crippen molar-refractivity contribution in [3.05, 3.63) is 64.7 Å². The number of amides is 2. The van der Waals surface area contributed by atoms with Crippen LogP contribution < -0.4 is 15.4 Å². The Hall–Kier alpha value is -2.61. The second-order valence-corrected chi connectivity index (χ2v) is 8.08. The zero-order valence-corrected chi connectivity index (χ0v) is 18.7. The van der Waals surface area contributed by atoms with Crippen molar-refractivity contribution in [1.82, 2.24) is 20.4 Å². The summed E-state index contributed by atoms with van der Waals surface area (Å²) in [5.74, 6) is -0.505. The van der Waals surface area contributed by atoms with E-state index in [-0.39, 0.29) is 12.6 Å². The number of rotatable bonds is 7. The van der Waals surface area contributed by atoms with Gasteiger partial charge in [0.15, 0.2) is 0 Å². The van der Waals surface area contributed by atoms with Crippen molar-refractivity contribution in [2.75, 3.05) is 46.9 Å². The first-order chi connectivity index (χ1) is 15.0. The molecule has 0 saturated carbocycles. The maximum atomic E-state index is 12.4. The van der Waals surface area contributed by atoms with Crippen LogP contribution in [-0.2, 0) is 16.1 Å². The Kier molecular flexibility index (Phi) is 8.28. The highest BCUT2D eigenvalue weighted by molar-refractivity contribution is 6.35. The summed E-state index contributed by atoms with van der Waals surface area (Å²) in [6.45, 7) is 4.33. The highest BCUT2D eigenvalue weighted by Gasteiger charge is 2.25. The van der Waals surface area contributed by atoms with Crippen molar-refractivity contribution in [3.8, 4) is 5.75 Å². The van der Waals surface area contributed by atoms with Gasteiger partial charge in [0.2, 0.25) is 0 Å². The van der Waals surface area contributed by atoms with Gasteiger partial charge in [0, 0.05) is 44.3 Å². The van der Waals surface area contributed by atoms with E-state index in [1.807, 2.05) is 36.4 Å². The Labute approximate surface area is 188 Å². The van der Waals surface area contributed by atoms with Gasteiger partial charge in [-0.15, -0.1) is 0 Å². The van der Waals surface area contributed by atoms with Crippen LogP contribution in [-0.4, -0.2) is 68.5 Å². The average molecular weight is 445 g/mol. The topological polar surface area (TPSA) is 73.9 Å². The van der Waals surface area contributed by atoms with Crippen molar-refractivity contribution >= 4 is 23.4 Å². The number of methoxy groups -OCH3 is 1. The summed E-state index contributed by atoms with van der Waals surface area (Å²) in [4.78, 5) is 29.3. The lowest BCUT2D eigenvalue weighted by Crippen LogP contribution is -2.49. The lowest BCUT2D eigenvalue weighted by molar-refractivity contribution is -0.139. The van der Waals surface area contributed by atoms with Crippen LogP contribution in [0.5, 0.6) is 5.75 Å². The molecular formula is C23H29ClN4O3. The molecule has 2 aromatic rings. The standard InChI is InChI=1S/C23H29ClN4O3/c1-27-11-13-28(14-12-27)21(18-5-9-20(31-2)10-6-18)16-26-23(30)22(29)25-15-17-3-7-19(24)8-4-17/h3-10,21H,11-16H2,1-2H3,(H,25,29)(H,26,30). The van der Waals surface area contributed by atoms with Gasteiger partial charge in [-0.1, -0.05) is 35.9 Å². The van der Waals surface area contributed by atoms with Gasteiger partial charge in [-0.05, 0) is 42.4 Å². The van der Waals surface area contributed by atoms with E-state index in [1.54, 1.807) is 19.2 Å². The molecule has 0 aliphatic carbocycles. The highest BCUT2D eigenvalue weighted by atomic mass is 35.5. The molecule has 0 aromatic heterocycles. The first-order valence-corrected chi connectivity index (χ1v) is 10.7. The summed E-state index contributed by atoms with van der Waals surface area (Å²) in [6.07, 6.45) is 0. The van der Waals surface area contributed by atoms with E-state index in [2.05, 4.69) is 27.5 Å². The van der Waals surface area contributed by atoms with Crippen molar-refractivity contribution in [2.45, 2.75) is 12.6 Å². The smallest absolute Gasteiger partial charge is 0.309 e. The Balaban J connectivity index is 1.59. The van der Waals surface area contributed by atoms with Crippen LogP contribution in [0.1, 0.15) is 17.2 Å². The maximum Gasteiger partial charge on any atom is 0.309 e. The summed E-state index contributed by atoms with van der Waals surface area (Å²) in [6, 6.07) is 15.0. The predicted molar refractivity (Wildman–Crippen MR) is 121 cm³/mol. The minimum absolute atomic E-state index is 0.0207. The summed E-state index contributed by atoms with van der Waals surface area (Å²) >= 11 is 5.87. The fraction of sp³-hybridized carbons (Fsp3) is 0.391. The van der Waals surface area contributed by atoms with Crippen molar-refractivity contribution in [3.63, 3.8) is 0 Å². The van der Waals surface area contributed by atoms with Crippen LogP contribution in [0.25, 0.3) is 0 Å². The monoisotopic (exact) mass is 444 g/mol. The van der Waals surface area contributed by atoms with E-state index in [1.165, 1.54) is 0 Å². The van der Waals surface area contributed by atoms with Crippen molar-refractivity contribution in [1.29, 1.82) is 0 Å². The molecule has 2 aromatic carbocycles. The lowest BCUT2D eigenvalue weighted by Gasteiger charge is -2.38. The molecule has 1 heterocycles. The van der Waals surface area contributed by atoms with Gasteiger partial charge in [0.05, 0.1) is 13.2 Å². The van der Waals surface area contributed by atoms with E-state index in [0.29, 0.717) is 11.6 Å². The summed E-state index contributed by atoms with van der Waals surface area (Å²) < 4.78 is 5.26. The van der Waals surface area contributed by atoms with Gasteiger partial charge in [-0.2, -0.15) is 0 Å². The van der Waals surface area contributed by atoms with E-state index < -0.39 is 11.8 Å². The molecule has 166 valence electrons. The predicted octanol–water partition coefficient (Wildman–Crippen LogP) is 2.07. The van der Waals surface area contributed by atoms with Gasteiger partial charge in [0.1, 0.15) is 5.75 Å². The van der Waals surface area contributed by atoms with Crippen LogP contribution in [0.3, 0.4) is 0 Å². The third kappa shape index (κ3) is 6.69. The molecule has 2 N–H and O–H groups in total. The van der Waals surface area contributed by atoms with Crippen LogP contribution in [0.4, 0.5) is 0 Å². The van der Waals surface area contributed by atoms with Crippen molar-refractivity contribution in [2.24, 2.45) is 0 Å². The van der Waals surface area contributed by atoms with E-state index in [4.69, 9.17) is 16.3 Å². The van der Waals surface area contributed by atoms with Gasteiger partial charge >= 0.3 is 11.8 Å². The molecule has 0 radical (unpaired) electrons. The number of benzene rings is 2. The Morgan fingerprint density at radius 2 is 1.58 bits per heavy atom. The molecule has 0 spiro atoms. The summed E-state index contributed by atoms with van der Waals surface area (Å²) in [5.41, 5.74) is 1.95.